The number of rotatable bonds is 4. The van der Waals surface area contributed by atoms with E-state index in [9.17, 15) is 23.2 Å². The van der Waals surface area contributed by atoms with Crippen LogP contribution in [0.2, 0.25) is 0 Å². The Kier molecular flexibility index (Phi) is 7.13. The van der Waals surface area contributed by atoms with Gasteiger partial charge in [-0.1, -0.05) is 60.7 Å². The number of halogens is 2. The monoisotopic (exact) mass is 512 g/mol. The van der Waals surface area contributed by atoms with Crippen molar-refractivity contribution in [2.45, 2.75) is 81.8 Å². The smallest absolute Gasteiger partial charge is 0.410 e. The zero-order valence-corrected chi connectivity index (χ0v) is 20.4. The van der Waals surface area contributed by atoms with Gasteiger partial charge in [-0.3, -0.25) is 14.6 Å². The second kappa shape index (κ2) is 10.5. The molecule has 6 rings (SSSR count). The van der Waals surface area contributed by atoms with E-state index in [2.05, 4.69) is 0 Å². The predicted molar refractivity (Wildman–Crippen MR) is 130 cm³/mol. The molecule has 9 heteroatoms. The van der Waals surface area contributed by atoms with Crippen LogP contribution in [0, 0.1) is 0 Å². The molecule has 2 aliphatic carbocycles. The summed E-state index contributed by atoms with van der Waals surface area (Å²) in [5.41, 5.74) is 1.99. The molecule has 2 amide bonds. The molecule has 2 aliphatic heterocycles. The Morgan fingerprint density at radius 1 is 0.757 bits per heavy atom. The van der Waals surface area contributed by atoms with Crippen LogP contribution in [0.5, 0.6) is 0 Å². The quantitative estimate of drug-likeness (QED) is 0.554. The van der Waals surface area contributed by atoms with E-state index in [1.165, 1.54) is 4.90 Å². The summed E-state index contributed by atoms with van der Waals surface area (Å²) in [7, 11) is 0. The summed E-state index contributed by atoms with van der Waals surface area (Å²) >= 11 is 0. The molecule has 4 aliphatic rings. The number of alkyl halides is 2. The maximum Gasteiger partial charge on any atom is 0.410 e. The number of ether oxygens (including phenoxy) is 2. The van der Waals surface area contributed by atoms with Crippen LogP contribution in [-0.4, -0.2) is 58.0 Å². The zero-order chi connectivity index (χ0) is 26.0. The maximum atomic E-state index is 13.5. The van der Waals surface area contributed by atoms with Crippen LogP contribution >= 0.6 is 0 Å². The van der Waals surface area contributed by atoms with Crippen molar-refractivity contribution in [2.24, 2.45) is 0 Å². The highest BCUT2D eigenvalue weighted by atomic mass is 19.3. The summed E-state index contributed by atoms with van der Waals surface area (Å²) < 4.78 is 37.5. The first-order valence-electron chi connectivity index (χ1n) is 12.7. The molecule has 2 heterocycles. The van der Waals surface area contributed by atoms with Gasteiger partial charge in [-0.15, -0.1) is 0 Å². The fraction of sp³-hybridized carbons (Fsp3) is 0.464. The van der Waals surface area contributed by atoms with E-state index in [1.807, 2.05) is 60.7 Å². The van der Waals surface area contributed by atoms with Crippen molar-refractivity contribution in [1.82, 2.24) is 9.80 Å². The van der Waals surface area contributed by atoms with Crippen LogP contribution in [0.15, 0.2) is 60.7 Å². The molecule has 196 valence electrons. The van der Waals surface area contributed by atoms with Crippen LogP contribution in [0.25, 0.3) is 0 Å². The van der Waals surface area contributed by atoms with Gasteiger partial charge in [-0.25, -0.2) is 18.4 Å². The summed E-state index contributed by atoms with van der Waals surface area (Å²) in [4.78, 5) is 38.3. The maximum absolute atomic E-state index is 13.5. The Morgan fingerprint density at radius 2 is 1.27 bits per heavy atom. The van der Waals surface area contributed by atoms with E-state index >= 15 is 0 Å². The molecular weight excluding hydrogens is 482 g/mol. The minimum atomic E-state index is -2.69. The lowest BCUT2D eigenvalue weighted by Crippen LogP contribution is -2.44. The number of ketones is 1. The predicted octanol–water partition coefficient (Wildman–Crippen LogP) is 5.32. The number of fused-ring (bicyclic) bond motifs is 2. The minimum Gasteiger partial charge on any atom is -0.444 e. The van der Waals surface area contributed by atoms with Crippen LogP contribution in [-0.2, 0) is 27.4 Å². The molecule has 0 radical (unpaired) electrons. The van der Waals surface area contributed by atoms with Gasteiger partial charge >= 0.3 is 12.2 Å². The first-order chi connectivity index (χ1) is 17.8. The van der Waals surface area contributed by atoms with Crippen LogP contribution in [0.1, 0.15) is 49.7 Å². The summed E-state index contributed by atoms with van der Waals surface area (Å²) in [5.74, 6) is -2.46. The number of carbonyl (C=O) groups excluding carboxylic acids is 3. The standard InChI is InChI=1S/C14H15F2NO2.C14H15NO3/c15-14(16)7-6-12-11(8-14)17(13(18)19-12)9-10-4-2-1-3-5-10;16-11-6-7-13-12(8-11)15(14(17)18-13)9-10-4-2-1-3-5-10/h1-5,11-12H,6-9H2;1-5,12-13H,6-9H2. The molecule has 0 spiro atoms. The fourth-order valence-electron chi connectivity index (χ4n) is 5.53. The van der Waals surface area contributed by atoms with Gasteiger partial charge in [0.15, 0.2) is 0 Å². The molecule has 2 saturated carbocycles. The second-order valence-electron chi connectivity index (χ2n) is 10.1. The second-order valence-corrected chi connectivity index (χ2v) is 10.1. The Morgan fingerprint density at radius 3 is 1.84 bits per heavy atom. The average molecular weight is 513 g/mol. The highest BCUT2D eigenvalue weighted by Gasteiger charge is 2.51. The number of amides is 2. The largest absolute Gasteiger partial charge is 0.444 e. The molecule has 2 aromatic carbocycles. The lowest BCUT2D eigenvalue weighted by Gasteiger charge is -2.33. The van der Waals surface area contributed by atoms with Crippen molar-refractivity contribution in [3.05, 3.63) is 71.8 Å². The summed E-state index contributed by atoms with van der Waals surface area (Å²) in [6.45, 7) is 0.852. The Bertz CT molecular complexity index is 1130. The van der Waals surface area contributed by atoms with Gasteiger partial charge in [0, 0.05) is 38.8 Å². The average Bonchev–Trinajstić information content (AvgIpc) is 3.35. The molecule has 37 heavy (non-hydrogen) atoms. The number of Topliss-reactive ketones (excluding diaryl/α,β-unsaturated/α-hetero) is 1. The van der Waals surface area contributed by atoms with E-state index in [1.54, 1.807) is 4.90 Å². The van der Waals surface area contributed by atoms with Crippen molar-refractivity contribution in [1.29, 1.82) is 0 Å². The number of hydrogen-bond acceptors (Lipinski definition) is 5. The molecule has 0 bridgehead atoms. The number of hydrogen-bond donors (Lipinski definition) is 0. The van der Waals surface area contributed by atoms with Gasteiger partial charge in [0.1, 0.15) is 18.0 Å². The molecular formula is C28H30F2N2O5. The summed E-state index contributed by atoms with van der Waals surface area (Å²) in [6, 6.07) is 18.6. The molecule has 4 fully saturated rings. The van der Waals surface area contributed by atoms with Crippen molar-refractivity contribution < 1.29 is 32.6 Å². The molecule has 2 aromatic rings. The van der Waals surface area contributed by atoms with Crippen molar-refractivity contribution in [2.75, 3.05) is 0 Å². The van der Waals surface area contributed by atoms with Crippen molar-refractivity contribution >= 4 is 18.0 Å². The van der Waals surface area contributed by atoms with Crippen LogP contribution in [0.4, 0.5) is 18.4 Å². The zero-order valence-electron chi connectivity index (χ0n) is 20.4. The van der Waals surface area contributed by atoms with Gasteiger partial charge in [0.05, 0.1) is 12.1 Å². The summed E-state index contributed by atoms with van der Waals surface area (Å²) in [5, 5.41) is 0. The number of nitrogens with zero attached hydrogens (tertiary/aromatic N) is 2. The van der Waals surface area contributed by atoms with Gasteiger partial charge in [-0.05, 0) is 24.0 Å². The van der Waals surface area contributed by atoms with E-state index in [-0.39, 0.29) is 49.4 Å². The van der Waals surface area contributed by atoms with Crippen molar-refractivity contribution in [3.63, 3.8) is 0 Å². The van der Waals surface area contributed by atoms with Crippen LogP contribution < -0.4 is 0 Å². The van der Waals surface area contributed by atoms with Gasteiger partial charge in [-0.2, -0.15) is 0 Å². The van der Waals surface area contributed by atoms with E-state index in [4.69, 9.17) is 9.47 Å². The molecule has 7 nitrogen and oxygen atoms in total. The number of carbonyl (C=O) groups is 3. The molecule has 4 unspecified atom stereocenters. The third-order valence-electron chi connectivity index (χ3n) is 7.47. The van der Waals surface area contributed by atoms with E-state index in [0.29, 0.717) is 32.4 Å². The Labute approximate surface area is 214 Å². The van der Waals surface area contributed by atoms with E-state index < -0.39 is 18.1 Å². The lowest BCUT2D eigenvalue weighted by molar-refractivity contribution is -0.122. The normalized spacial score (nSPS) is 28.0. The molecule has 4 atom stereocenters. The Balaban J connectivity index is 0.000000152. The third-order valence-corrected chi connectivity index (χ3v) is 7.47. The lowest BCUT2D eigenvalue weighted by atomic mass is 9.89. The van der Waals surface area contributed by atoms with E-state index in [0.717, 1.165) is 11.1 Å². The van der Waals surface area contributed by atoms with Gasteiger partial charge in [0.2, 0.25) is 5.92 Å². The first kappa shape index (κ1) is 25.2. The van der Waals surface area contributed by atoms with Crippen LogP contribution in [0.3, 0.4) is 0 Å². The minimum absolute atomic E-state index is 0.0704. The third kappa shape index (κ3) is 5.76. The van der Waals surface area contributed by atoms with Crippen molar-refractivity contribution in [3.8, 4) is 0 Å². The fourth-order valence-corrected chi connectivity index (χ4v) is 5.53. The number of benzene rings is 2. The summed E-state index contributed by atoms with van der Waals surface area (Å²) in [6.07, 6.45) is 0.151. The topological polar surface area (TPSA) is 76.2 Å². The van der Waals surface area contributed by atoms with Gasteiger partial charge in [0.25, 0.3) is 0 Å². The molecule has 2 saturated heterocycles. The molecule has 0 N–H and O–H groups in total. The SMILES string of the molecule is O=C1CCC2OC(=O)N(Cc3ccccc3)C2C1.O=C1OC2CCC(F)(F)CC2N1Cc1ccccc1. The Hall–Kier alpha value is -3.49. The highest BCUT2D eigenvalue weighted by Crippen LogP contribution is 2.40. The van der Waals surface area contributed by atoms with Gasteiger partial charge < -0.3 is 9.47 Å². The first-order valence-corrected chi connectivity index (χ1v) is 12.7. The highest BCUT2D eigenvalue weighted by molar-refractivity contribution is 5.82. The molecule has 0 aromatic heterocycles.